The molecule has 1 amide bonds. The van der Waals surface area contributed by atoms with Gasteiger partial charge in [0.2, 0.25) is 5.91 Å². The maximum atomic E-state index is 14.1. The van der Waals surface area contributed by atoms with Crippen LogP contribution in [0, 0.1) is 57.7 Å². The summed E-state index contributed by atoms with van der Waals surface area (Å²) in [5.41, 5.74) is 12.5. The van der Waals surface area contributed by atoms with E-state index in [4.69, 9.17) is 11.5 Å². The molecule has 4 aliphatic carbocycles. The van der Waals surface area contributed by atoms with E-state index in [1.165, 1.54) is 51.4 Å². The number of hydrogen-bond acceptors (Lipinski definition) is 5. The Labute approximate surface area is 271 Å². The van der Waals surface area contributed by atoms with Crippen molar-refractivity contribution in [2.24, 2.45) is 69.1 Å². The molecule has 6 N–H and O–H groups in total. The molecule has 10 atom stereocenters. The highest BCUT2D eigenvalue weighted by Crippen LogP contribution is 2.74. The van der Waals surface area contributed by atoms with Crippen LogP contribution < -0.4 is 16.8 Å². The first kappa shape index (κ1) is 36.2. The van der Waals surface area contributed by atoms with Crippen molar-refractivity contribution in [1.82, 2.24) is 10.2 Å². The number of carbonyl (C=O) groups excluding carboxylic acids is 1. The molecule has 0 radical (unpaired) electrons. The van der Waals surface area contributed by atoms with Gasteiger partial charge < -0.3 is 26.8 Å². The number of aliphatic hydroxyl groups is 1. The Balaban J connectivity index is 1.45. The van der Waals surface area contributed by atoms with Gasteiger partial charge in [-0.15, -0.1) is 0 Å². The van der Waals surface area contributed by atoms with Crippen LogP contribution in [-0.4, -0.2) is 61.3 Å². The fraction of sp³-hybridized carbons (Fsp3) is 0.974. The summed E-state index contributed by atoms with van der Waals surface area (Å²) in [5.74, 6) is 4.11. The smallest absolute Gasteiger partial charge is 0.223 e. The summed E-state index contributed by atoms with van der Waals surface area (Å²) in [6, 6.07) is 0. The van der Waals surface area contributed by atoms with E-state index in [2.05, 4.69) is 51.8 Å². The van der Waals surface area contributed by atoms with Crippen LogP contribution in [0.1, 0.15) is 131 Å². The van der Waals surface area contributed by atoms with Crippen molar-refractivity contribution < 1.29 is 9.90 Å². The normalized spacial score (nSPS) is 39.2. The van der Waals surface area contributed by atoms with E-state index in [0.29, 0.717) is 51.7 Å². The number of hydrogen-bond donors (Lipinski definition) is 4. The molecule has 6 heteroatoms. The van der Waals surface area contributed by atoms with Gasteiger partial charge in [-0.2, -0.15) is 0 Å². The summed E-state index contributed by atoms with van der Waals surface area (Å²) < 4.78 is 0. The van der Waals surface area contributed by atoms with Crippen LogP contribution in [0.15, 0.2) is 0 Å². The molecule has 0 aromatic heterocycles. The SMILES string of the molecule is CC(C)CCCC(C(=O)NCCCN(CCCN)CCCN)[C@H]1CC[C@@]2(C)C1CCC1[C@@]3(C)CC[C@@H](O)[C@@H](C)C3CC[C@@]12C. The van der Waals surface area contributed by atoms with Crippen molar-refractivity contribution in [3.05, 3.63) is 0 Å². The highest BCUT2D eigenvalue weighted by atomic mass is 16.3. The molecular weight excluding hydrogens is 544 g/mol. The Bertz CT molecular complexity index is 905. The largest absolute Gasteiger partial charge is 0.393 e. The Morgan fingerprint density at radius 3 is 2.16 bits per heavy atom. The van der Waals surface area contributed by atoms with E-state index < -0.39 is 0 Å². The van der Waals surface area contributed by atoms with Crippen LogP contribution in [0.3, 0.4) is 0 Å². The molecule has 256 valence electrons. The summed E-state index contributed by atoms with van der Waals surface area (Å²) in [4.78, 5) is 16.5. The average molecular weight is 617 g/mol. The van der Waals surface area contributed by atoms with Gasteiger partial charge in [0.05, 0.1) is 6.10 Å². The van der Waals surface area contributed by atoms with E-state index in [1.807, 2.05) is 0 Å². The standard InChI is InChI=1S/C38H72N4O2/c1-27(2)11-7-12-30(35(44)41-23-10-26-42(24-8-21-39)25-9-22-40)29-15-19-37(5)32(29)13-14-34-36(4)18-17-33(43)28(3)31(36)16-20-38(34,37)6/h27-34,43H,7-26,39-40H2,1-6H3,(H,41,44)/t28-,29+,30?,31?,32?,33+,34?,36-,37-,38-/m0/s1. The van der Waals surface area contributed by atoms with Gasteiger partial charge >= 0.3 is 0 Å². The lowest BCUT2D eigenvalue weighted by Gasteiger charge is -2.68. The zero-order valence-corrected chi connectivity index (χ0v) is 29.7. The van der Waals surface area contributed by atoms with Crippen molar-refractivity contribution in [2.75, 3.05) is 39.3 Å². The summed E-state index contributed by atoms with van der Waals surface area (Å²) in [6.45, 7) is 20.1. The molecular formula is C38H72N4O2. The minimum absolute atomic E-state index is 0.120. The third kappa shape index (κ3) is 7.24. The molecule has 4 unspecified atom stereocenters. The zero-order valence-electron chi connectivity index (χ0n) is 29.7. The molecule has 0 saturated heterocycles. The van der Waals surface area contributed by atoms with Crippen molar-refractivity contribution in [1.29, 1.82) is 0 Å². The number of nitrogens with two attached hydrogens (primary N) is 2. The number of amides is 1. The number of carbonyl (C=O) groups is 1. The molecule has 4 saturated carbocycles. The highest BCUT2D eigenvalue weighted by Gasteiger charge is 2.67. The molecule has 0 aromatic rings. The Hall–Kier alpha value is -0.690. The first-order chi connectivity index (χ1) is 20.9. The first-order valence-electron chi connectivity index (χ1n) is 19.0. The Morgan fingerprint density at radius 1 is 0.841 bits per heavy atom. The fourth-order valence-corrected chi connectivity index (χ4v) is 11.8. The number of fused-ring (bicyclic) bond motifs is 5. The third-order valence-electron chi connectivity index (χ3n) is 14.5. The summed E-state index contributed by atoms with van der Waals surface area (Å²) in [5, 5.41) is 14.2. The van der Waals surface area contributed by atoms with Crippen LogP contribution in [0.2, 0.25) is 0 Å². The number of aliphatic hydroxyl groups excluding tert-OH is 1. The van der Waals surface area contributed by atoms with E-state index in [9.17, 15) is 9.90 Å². The van der Waals surface area contributed by atoms with Gasteiger partial charge in [0.25, 0.3) is 0 Å². The monoisotopic (exact) mass is 617 g/mol. The maximum absolute atomic E-state index is 14.1. The Morgan fingerprint density at radius 2 is 1.50 bits per heavy atom. The van der Waals surface area contributed by atoms with E-state index in [-0.39, 0.29) is 12.0 Å². The lowest BCUT2D eigenvalue weighted by molar-refractivity contribution is -0.203. The molecule has 0 spiro atoms. The second kappa shape index (κ2) is 15.5. The molecule has 0 aliphatic heterocycles. The highest BCUT2D eigenvalue weighted by molar-refractivity contribution is 5.79. The second-order valence-electron chi connectivity index (χ2n) is 17.1. The topological polar surface area (TPSA) is 105 Å². The van der Waals surface area contributed by atoms with Crippen LogP contribution >= 0.6 is 0 Å². The van der Waals surface area contributed by atoms with Crippen molar-refractivity contribution >= 4 is 5.91 Å². The minimum Gasteiger partial charge on any atom is -0.393 e. The number of nitrogens with zero attached hydrogens (tertiary/aromatic N) is 1. The Kier molecular flexibility index (Phi) is 12.7. The van der Waals surface area contributed by atoms with Crippen LogP contribution in [0.25, 0.3) is 0 Å². The van der Waals surface area contributed by atoms with Gasteiger partial charge in [0, 0.05) is 12.5 Å². The quantitative estimate of drug-likeness (QED) is 0.147. The van der Waals surface area contributed by atoms with Gasteiger partial charge in [-0.3, -0.25) is 4.79 Å². The lowest BCUT2D eigenvalue weighted by atomic mass is 9.37. The van der Waals surface area contributed by atoms with E-state index in [1.54, 1.807) is 0 Å². The molecule has 4 aliphatic rings. The predicted molar refractivity (Wildman–Crippen MR) is 184 cm³/mol. The summed E-state index contributed by atoms with van der Waals surface area (Å²) in [6.07, 6.45) is 16.1. The first-order valence-corrected chi connectivity index (χ1v) is 19.0. The predicted octanol–water partition coefficient (Wildman–Crippen LogP) is 6.59. The van der Waals surface area contributed by atoms with Crippen molar-refractivity contribution in [3.63, 3.8) is 0 Å². The molecule has 4 fully saturated rings. The third-order valence-corrected chi connectivity index (χ3v) is 14.5. The van der Waals surface area contributed by atoms with E-state index >= 15 is 0 Å². The molecule has 44 heavy (non-hydrogen) atoms. The van der Waals surface area contributed by atoms with Gasteiger partial charge in [0.15, 0.2) is 0 Å². The average Bonchev–Trinajstić information content (AvgIpc) is 3.34. The lowest BCUT2D eigenvalue weighted by Crippen LogP contribution is -2.62. The summed E-state index contributed by atoms with van der Waals surface area (Å²) in [7, 11) is 0. The fourth-order valence-electron chi connectivity index (χ4n) is 11.8. The number of nitrogens with one attached hydrogen (secondary N) is 1. The zero-order chi connectivity index (χ0) is 32.1. The molecule has 0 aromatic carbocycles. The van der Waals surface area contributed by atoms with Crippen molar-refractivity contribution in [3.8, 4) is 0 Å². The van der Waals surface area contributed by atoms with Crippen molar-refractivity contribution in [2.45, 2.75) is 138 Å². The minimum atomic E-state index is -0.120. The molecule has 6 nitrogen and oxygen atoms in total. The van der Waals surface area contributed by atoms with Gasteiger partial charge in [-0.05, 0) is 162 Å². The summed E-state index contributed by atoms with van der Waals surface area (Å²) >= 11 is 0. The van der Waals surface area contributed by atoms with Gasteiger partial charge in [-0.1, -0.05) is 54.4 Å². The van der Waals surface area contributed by atoms with Crippen LogP contribution in [-0.2, 0) is 4.79 Å². The maximum Gasteiger partial charge on any atom is 0.223 e. The van der Waals surface area contributed by atoms with E-state index in [0.717, 1.165) is 83.7 Å². The number of rotatable bonds is 16. The van der Waals surface area contributed by atoms with Crippen LogP contribution in [0.5, 0.6) is 0 Å². The van der Waals surface area contributed by atoms with Crippen LogP contribution in [0.4, 0.5) is 0 Å². The van der Waals surface area contributed by atoms with Gasteiger partial charge in [0.1, 0.15) is 0 Å². The second-order valence-corrected chi connectivity index (χ2v) is 17.1. The molecule has 4 rings (SSSR count). The van der Waals surface area contributed by atoms with Gasteiger partial charge in [-0.25, -0.2) is 0 Å². The molecule has 0 bridgehead atoms. The molecule has 0 heterocycles.